The lowest BCUT2D eigenvalue weighted by Crippen LogP contribution is -2.32. The summed E-state index contributed by atoms with van der Waals surface area (Å²) >= 11 is 9.50. The van der Waals surface area contributed by atoms with Crippen molar-refractivity contribution in [1.29, 1.82) is 0 Å². The molecule has 8 heteroatoms. The first-order valence-corrected chi connectivity index (χ1v) is 11.1. The van der Waals surface area contributed by atoms with E-state index in [4.69, 9.17) is 16.3 Å². The van der Waals surface area contributed by atoms with E-state index in [9.17, 15) is 14.4 Å². The number of anilines is 2. The summed E-state index contributed by atoms with van der Waals surface area (Å²) in [5, 5.41) is 2.68. The van der Waals surface area contributed by atoms with Crippen molar-refractivity contribution < 1.29 is 19.1 Å². The van der Waals surface area contributed by atoms with Crippen molar-refractivity contribution in [3.05, 3.63) is 98.6 Å². The number of carbonyl (C=O) groups excluding carboxylic acids is 3. The van der Waals surface area contributed by atoms with Crippen LogP contribution in [0.25, 0.3) is 0 Å². The highest BCUT2D eigenvalue weighted by atomic mass is 79.9. The summed E-state index contributed by atoms with van der Waals surface area (Å²) in [6, 6.07) is 18.7. The summed E-state index contributed by atoms with van der Waals surface area (Å²) in [6.07, 6.45) is 0. The van der Waals surface area contributed by atoms with Crippen molar-refractivity contribution >= 4 is 56.7 Å². The Morgan fingerprint density at radius 2 is 1.52 bits per heavy atom. The van der Waals surface area contributed by atoms with Gasteiger partial charge in [0.2, 0.25) is 0 Å². The summed E-state index contributed by atoms with van der Waals surface area (Å²) in [7, 11) is 0. The zero-order valence-electron chi connectivity index (χ0n) is 17.7. The highest BCUT2D eigenvalue weighted by molar-refractivity contribution is 9.10. The molecule has 0 aromatic heterocycles. The molecule has 0 saturated heterocycles. The molecule has 0 saturated carbocycles. The maximum Gasteiger partial charge on any atom is 0.343 e. The molecule has 1 aliphatic heterocycles. The van der Waals surface area contributed by atoms with Gasteiger partial charge in [-0.05, 0) is 73.5 Å². The average molecular weight is 526 g/mol. The van der Waals surface area contributed by atoms with Gasteiger partial charge in [-0.25, -0.2) is 9.69 Å². The SMILES string of the molecule is Cc1cccc(C)c1OC(=O)c1ccc(NC2=C(Cl)C(=O)N(c3ccc(Br)cc3)C2=O)cc1. The van der Waals surface area contributed by atoms with E-state index in [-0.39, 0.29) is 10.7 Å². The quantitative estimate of drug-likeness (QED) is 0.262. The molecular formula is C25H18BrClN2O4. The average Bonchev–Trinajstić information content (AvgIpc) is 3.00. The molecule has 0 radical (unpaired) electrons. The number of nitrogens with zero attached hydrogens (tertiary/aromatic N) is 1. The Balaban J connectivity index is 1.49. The van der Waals surface area contributed by atoms with Gasteiger partial charge in [-0.15, -0.1) is 0 Å². The molecule has 3 aromatic rings. The third-order valence-corrected chi connectivity index (χ3v) is 5.98. The first kappa shape index (κ1) is 22.8. The summed E-state index contributed by atoms with van der Waals surface area (Å²) in [5.41, 5.74) is 2.94. The van der Waals surface area contributed by atoms with E-state index < -0.39 is 17.8 Å². The van der Waals surface area contributed by atoms with E-state index in [0.717, 1.165) is 20.5 Å². The molecule has 166 valence electrons. The zero-order valence-corrected chi connectivity index (χ0v) is 20.0. The van der Waals surface area contributed by atoms with Crippen LogP contribution < -0.4 is 15.0 Å². The molecule has 33 heavy (non-hydrogen) atoms. The number of benzene rings is 3. The number of esters is 1. The van der Waals surface area contributed by atoms with Gasteiger partial charge >= 0.3 is 5.97 Å². The van der Waals surface area contributed by atoms with Gasteiger partial charge in [-0.3, -0.25) is 9.59 Å². The number of amides is 2. The highest BCUT2D eigenvalue weighted by Crippen LogP contribution is 2.31. The van der Waals surface area contributed by atoms with Crippen molar-refractivity contribution in [3.8, 4) is 5.75 Å². The third kappa shape index (κ3) is 4.55. The van der Waals surface area contributed by atoms with Gasteiger partial charge in [0, 0.05) is 10.2 Å². The molecule has 0 atom stereocenters. The van der Waals surface area contributed by atoms with Gasteiger partial charge in [-0.1, -0.05) is 45.7 Å². The Labute approximate surface area is 203 Å². The number of para-hydroxylation sites is 1. The number of nitrogens with one attached hydrogen (secondary N) is 1. The van der Waals surface area contributed by atoms with Gasteiger partial charge in [0.15, 0.2) is 0 Å². The molecular weight excluding hydrogens is 508 g/mol. The van der Waals surface area contributed by atoms with Crippen LogP contribution in [-0.2, 0) is 9.59 Å². The lowest BCUT2D eigenvalue weighted by Gasteiger charge is -2.15. The number of carbonyl (C=O) groups is 3. The Kier molecular flexibility index (Phi) is 6.35. The predicted molar refractivity (Wildman–Crippen MR) is 130 cm³/mol. The number of imide groups is 1. The van der Waals surface area contributed by atoms with Crippen molar-refractivity contribution in [3.63, 3.8) is 0 Å². The molecule has 0 bridgehead atoms. The predicted octanol–water partition coefficient (Wildman–Crippen LogP) is 5.72. The van der Waals surface area contributed by atoms with Gasteiger partial charge in [0.1, 0.15) is 16.5 Å². The lowest BCUT2D eigenvalue weighted by molar-refractivity contribution is -0.120. The Bertz CT molecular complexity index is 1280. The fraction of sp³-hybridized carbons (Fsp3) is 0.0800. The first-order valence-electron chi connectivity index (χ1n) is 9.96. The molecule has 0 spiro atoms. The molecule has 1 aliphatic rings. The fourth-order valence-electron chi connectivity index (χ4n) is 3.38. The minimum absolute atomic E-state index is 0.0320. The Morgan fingerprint density at radius 3 is 2.12 bits per heavy atom. The summed E-state index contributed by atoms with van der Waals surface area (Å²) in [6.45, 7) is 3.75. The number of rotatable bonds is 5. The van der Waals surface area contributed by atoms with Crippen molar-refractivity contribution in [2.75, 3.05) is 10.2 Å². The second kappa shape index (κ2) is 9.21. The second-order valence-corrected chi connectivity index (χ2v) is 8.72. The molecule has 4 rings (SSSR count). The smallest absolute Gasteiger partial charge is 0.343 e. The van der Waals surface area contributed by atoms with Crippen LogP contribution in [0.5, 0.6) is 5.75 Å². The van der Waals surface area contributed by atoms with Crippen LogP contribution in [0.4, 0.5) is 11.4 Å². The summed E-state index contributed by atoms with van der Waals surface area (Å²) in [5.74, 6) is -1.14. The topological polar surface area (TPSA) is 75.7 Å². The monoisotopic (exact) mass is 524 g/mol. The van der Waals surface area contributed by atoms with E-state index in [2.05, 4.69) is 21.2 Å². The van der Waals surface area contributed by atoms with Crippen LogP contribution in [-0.4, -0.2) is 17.8 Å². The van der Waals surface area contributed by atoms with E-state index in [0.29, 0.717) is 22.7 Å². The number of hydrogen-bond donors (Lipinski definition) is 1. The lowest BCUT2D eigenvalue weighted by atomic mass is 10.1. The van der Waals surface area contributed by atoms with Crippen LogP contribution in [0.3, 0.4) is 0 Å². The molecule has 3 aromatic carbocycles. The molecule has 1 heterocycles. The molecule has 0 unspecified atom stereocenters. The van der Waals surface area contributed by atoms with Crippen molar-refractivity contribution in [2.45, 2.75) is 13.8 Å². The summed E-state index contributed by atoms with van der Waals surface area (Å²) in [4.78, 5) is 39.0. The minimum Gasteiger partial charge on any atom is -0.422 e. The zero-order chi connectivity index (χ0) is 23.7. The normalized spacial score (nSPS) is 13.5. The van der Waals surface area contributed by atoms with Crippen LogP contribution in [0.2, 0.25) is 0 Å². The minimum atomic E-state index is -0.611. The maximum absolute atomic E-state index is 12.9. The molecule has 0 aliphatic carbocycles. The maximum atomic E-state index is 12.9. The van der Waals surface area contributed by atoms with Gasteiger partial charge in [0.05, 0.1) is 11.3 Å². The Morgan fingerprint density at radius 1 is 0.909 bits per heavy atom. The van der Waals surface area contributed by atoms with E-state index in [1.807, 2.05) is 32.0 Å². The third-order valence-electron chi connectivity index (χ3n) is 5.11. The standard InChI is InChI=1S/C25H18BrClN2O4/c1-14-4-3-5-15(2)22(14)33-25(32)16-6-10-18(11-7-16)28-21-20(27)23(30)29(24(21)31)19-12-8-17(26)9-13-19/h3-13,28H,1-2H3. The van der Waals surface area contributed by atoms with E-state index in [1.165, 1.54) is 0 Å². The fourth-order valence-corrected chi connectivity index (χ4v) is 3.86. The molecule has 0 fully saturated rings. The number of aryl methyl sites for hydroxylation is 2. The van der Waals surface area contributed by atoms with Crippen molar-refractivity contribution in [2.24, 2.45) is 0 Å². The summed E-state index contributed by atoms with van der Waals surface area (Å²) < 4.78 is 6.37. The van der Waals surface area contributed by atoms with Crippen LogP contribution >= 0.6 is 27.5 Å². The number of hydrogen-bond acceptors (Lipinski definition) is 5. The Hall–Kier alpha value is -3.42. The van der Waals surface area contributed by atoms with Crippen LogP contribution in [0.1, 0.15) is 21.5 Å². The number of halogens is 2. The largest absolute Gasteiger partial charge is 0.422 e. The van der Waals surface area contributed by atoms with Gasteiger partial charge < -0.3 is 10.1 Å². The van der Waals surface area contributed by atoms with E-state index in [1.54, 1.807) is 48.5 Å². The molecule has 2 amide bonds. The molecule has 1 N–H and O–H groups in total. The van der Waals surface area contributed by atoms with Crippen LogP contribution in [0.15, 0.2) is 81.9 Å². The highest BCUT2D eigenvalue weighted by Gasteiger charge is 2.38. The van der Waals surface area contributed by atoms with Gasteiger partial charge in [-0.2, -0.15) is 0 Å². The molecule has 6 nitrogen and oxygen atoms in total. The van der Waals surface area contributed by atoms with E-state index >= 15 is 0 Å². The van der Waals surface area contributed by atoms with Crippen LogP contribution in [0, 0.1) is 13.8 Å². The second-order valence-electron chi connectivity index (χ2n) is 7.42. The van der Waals surface area contributed by atoms with Gasteiger partial charge in [0.25, 0.3) is 11.8 Å². The first-order chi connectivity index (χ1) is 15.8. The van der Waals surface area contributed by atoms with Crippen molar-refractivity contribution in [1.82, 2.24) is 0 Å². The number of ether oxygens (including phenoxy) is 1.